The molecule has 1 amide bonds. The highest BCUT2D eigenvalue weighted by Crippen LogP contribution is 2.20. The molecule has 2 aromatic rings. The molecule has 0 fully saturated rings. The Labute approximate surface area is 108 Å². The van der Waals surface area contributed by atoms with E-state index in [1.165, 1.54) is 11.3 Å². The summed E-state index contributed by atoms with van der Waals surface area (Å²) in [4.78, 5) is 16.3. The third-order valence-electron chi connectivity index (χ3n) is 2.25. The highest BCUT2D eigenvalue weighted by molar-refractivity contribution is 7.17. The average molecular weight is 267 g/mol. The lowest BCUT2D eigenvalue weighted by Crippen LogP contribution is -2.24. The van der Waals surface area contributed by atoms with Crippen molar-refractivity contribution in [1.82, 2.24) is 10.3 Å². The van der Waals surface area contributed by atoms with E-state index in [2.05, 4.69) is 10.3 Å². The van der Waals surface area contributed by atoms with Gasteiger partial charge in [-0.3, -0.25) is 9.78 Å². The number of nitrogens with zero attached hydrogens (tertiary/aromatic N) is 1. The number of thiophene rings is 1. The van der Waals surface area contributed by atoms with E-state index < -0.39 is 0 Å². The first-order chi connectivity index (χ1) is 8.25. The maximum Gasteiger partial charge on any atom is 0.261 e. The summed E-state index contributed by atoms with van der Waals surface area (Å²) in [7, 11) is 0. The van der Waals surface area contributed by atoms with Gasteiger partial charge in [-0.25, -0.2) is 0 Å². The van der Waals surface area contributed by atoms with Crippen LogP contribution in [0.1, 0.15) is 15.2 Å². The van der Waals surface area contributed by atoms with Crippen LogP contribution in [-0.2, 0) is 6.42 Å². The number of amides is 1. The molecule has 88 valence electrons. The first kappa shape index (κ1) is 12.1. The van der Waals surface area contributed by atoms with Crippen LogP contribution in [0.5, 0.6) is 0 Å². The summed E-state index contributed by atoms with van der Waals surface area (Å²) in [5, 5.41) is 2.85. The zero-order valence-electron chi connectivity index (χ0n) is 9.02. The molecule has 0 aromatic carbocycles. The van der Waals surface area contributed by atoms with Crippen LogP contribution >= 0.6 is 22.9 Å². The number of carbonyl (C=O) groups is 1. The van der Waals surface area contributed by atoms with Crippen LogP contribution in [0.4, 0.5) is 0 Å². The molecule has 2 heterocycles. The number of nitrogens with one attached hydrogen (secondary N) is 1. The van der Waals surface area contributed by atoms with Crippen LogP contribution in [0.25, 0.3) is 0 Å². The number of pyridine rings is 1. The minimum atomic E-state index is -0.0732. The smallest absolute Gasteiger partial charge is 0.261 e. The van der Waals surface area contributed by atoms with Crippen LogP contribution in [-0.4, -0.2) is 17.4 Å². The molecule has 0 bridgehead atoms. The summed E-state index contributed by atoms with van der Waals surface area (Å²) in [6, 6.07) is 7.33. The van der Waals surface area contributed by atoms with Gasteiger partial charge in [0.2, 0.25) is 0 Å². The monoisotopic (exact) mass is 266 g/mol. The zero-order chi connectivity index (χ0) is 12.1. The molecule has 0 unspecified atom stereocenters. The Bertz CT molecular complexity index is 498. The zero-order valence-corrected chi connectivity index (χ0v) is 10.6. The topological polar surface area (TPSA) is 42.0 Å². The van der Waals surface area contributed by atoms with E-state index in [1.54, 1.807) is 24.5 Å². The quantitative estimate of drug-likeness (QED) is 0.925. The number of hydrogen-bond acceptors (Lipinski definition) is 3. The van der Waals surface area contributed by atoms with E-state index in [0.29, 0.717) is 15.8 Å². The fourth-order valence-corrected chi connectivity index (χ4v) is 2.35. The molecule has 3 nitrogen and oxygen atoms in total. The normalized spacial score (nSPS) is 10.2. The predicted octanol–water partition coefficient (Wildman–Crippen LogP) is 2.77. The van der Waals surface area contributed by atoms with Crippen LogP contribution < -0.4 is 5.32 Å². The molecule has 2 aromatic heterocycles. The van der Waals surface area contributed by atoms with Gasteiger partial charge in [0.25, 0.3) is 5.91 Å². The van der Waals surface area contributed by atoms with Crippen LogP contribution in [0.15, 0.2) is 36.7 Å². The molecular formula is C12H11ClN2OS. The van der Waals surface area contributed by atoms with Crippen LogP contribution in [0, 0.1) is 0 Å². The summed E-state index contributed by atoms with van der Waals surface area (Å²) >= 11 is 7.05. The van der Waals surface area contributed by atoms with E-state index in [0.717, 1.165) is 12.0 Å². The molecule has 0 radical (unpaired) electrons. The van der Waals surface area contributed by atoms with E-state index in [4.69, 9.17) is 11.6 Å². The highest BCUT2D eigenvalue weighted by atomic mass is 35.5. The van der Waals surface area contributed by atoms with Crippen molar-refractivity contribution in [3.63, 3.8) is 0 Å². The van der Waals surface area contributed by atoms with Crippen molar-refractivity contribution < 1.29 is 4.79 Å². The van der Waals surface area contributed by atoms with Gasteiger partial charge in [-0.15, -0.1) is 11.3 Å². The molecule has 0 aliphatic rings. The molecule has 0 aliphatic heterocycles. The molecule has 2 rings (SSSR count). The second-order valence-electron chi connectivity index (χ2n) is 3.47. The molecule has 5 heteroatoms. The number of rotatable bonds is 4. The van der Waals surface area contributed by atoms with E-state index in [9.17, 15) is 4.79 Å². The minimum Gasteiger partial charge on any atom is -0.351 e. The first-order valence-electron chi connectivity index (χ1n) is 5.18. The van der Waals surface area contributed by atoms with Crippen molar-refractivity contribution in [2.24, 2.45) is 0 Å². The summed E-state index contributed by atoms with van der Waals surface area (Å²) in [6.07, 6.45) is 4.29. The molecule has 0 saturated carbocycles. The van der Waals surface area contributed by atoms with Gasteiger partial charge in [0.15, 0.2) is 0 Å². The average Bonchev–Trinajstić information content (AvgIpc) is 2.77. The fourth-order valence-electron chi connectivity index (χ4n) is 1.39. The maximum atomic E-state index is 11.7. The molecule has 0 atom stereocenters. The van der Waals surface area contributed by atoms with Crippen molar-refractivity contribution in [1.29, 1.82) is 0 Å². The van der Waals surface area contributed by atoms with E-state index in [1.807, 2.05) is 12.1 Å². The SMILES string of the molecule is O=C(NCCc1ccncc1)c1ccc(Cl)s1. The second-order valence-corrected chi connectivity index (χ2v) is 5.18. The van der Waals surface area contributed by atoms with Crippen molar-refractivity contribution in [2.75, 3.05) is 6.54 Å². The Balaban J connectivity index is 1.81. The number of carbonyl (C=O) groups excluding carboxylic acids is 1. The Morgan fingerprint density at radius 2 is 2.06 bits per heavy atom. The van der Waals surface area contributed by atoms with Crippen molar-refractivity contribution in [3.05, 3.63) is 51.4 Å². The van der Waals surface area contributed by atoms with Gasteiger partial charge in [0, 0.05) is 18.9 Å². The molecule has 0 spiro atoms. The fraction of sp³-hybridized carbons (Fsp3) is 0.167. The lowest BCUT2D eigenvalue weighted by atomic mass is 10.2. The lowest BCUT2D eigenvalue weighted by Gasteiger charge is -2.03. The summed E-state index contributed by atoms with van der Waals surface area (Å²) in [5.74, 6) is -0.0732. The Morgan fingerprint density at radius 1 is 1.29 bits per heavy atom. The second kappa shape index (κ2) is 5.80. The number of halogens is 1. The standard InChI is InChI=1S/C12H11ClN2OS/c13-11-2-1-10(17-11)12(16)15-8-5-9-3-6-14-7-4-9/h1-4,6-7H,5,8H2,(H,15,16). The van der Waals surface area contributed by atoms with Gasteiger partial charge in [0.05, 0.1) is 9.21 Å². The maximum absolute atomic E-state index is 11.7. The van der Waals surface area contributed by atoms with E-state index >= 15 is 0 Å². The summed E-state index contributed by atoms with van der Waals surface area (Å²) < 4.78 is 0.629. The van der Waals surface area contributed by atoms with Gasteiger partial charge in [-0.2, -0.15) is 0 Å². The molecule has 0 saturated heterocycles. The third-order valence-corrected chi connectivity index (χ3v) is 3.48. The largest absolute Gasteiger partial charge is 0.351 e. The Kier molecular flexibility index (Phi) is 4.12. The summed E-state index contributed by atoms with van der Waals surface area (Å²) in [5.41, 5.74) is 1.16. The Hall–Kier alpha value is -1.39. The van der Waals surface area contributed by atoms with Crippen molar-refractivity contribution >= 4 is 28.8 Å². The minimum absolute atomic E-state index is 0.0732. The van der Waals surface area contributed by atoms with Gasteiger partial charge in [0.1, 0.15) is 0 Å². The van der Waals surface area contributed by atoms with Gasteiger partial charge in [-0.05, 0) is 36.2 Å². The van der Waals surface area contributed by atoms with Gasteiger partial charge in [-0.1, -0.05) is 11.6 Å². The molecule has 1 N–H and O–H groups in total. The van der Waals surface area contributed by atoms with Crippen LogP contribution in [0.2, 0.25) is 4.34 Å². The molecule has 0 aliphatic carbocycles. The van der Waals surface area contributed by atoms with Crippen LogP contribution in [0.3, 0.4) is 0 Å². The predicted molar refractivity (Wildman–Crippen MR) is 69.6 cm³/mol. The lowest BCUT2D eigenvalue weighted by molar-refractivity contribution is 0.0958. The van der Waals surface area contributed by atoms with Crippen molar-refractivity contribution in [2.45, 2.75) is 6.42 Å². The van der Waals surface area contributed by atoms with Gasteiger partial charge < -0.3 is 5.32 Å². The molecule has 17 heavy (non-hydrogen) atoms. The number of aromatic nitrogens is 1. The summed E-state index contributed by atoms with van der Waals surface area (Å²) in [6.45, 7) is 0.609. The Morgan fingerprint density at radius 3 is 2.71 bits per heavy atom. The van der Waals surface area contributed by atoms with Crippen molar-refractivity contribution in [3.8, 4) is 0 Å². The highest BCUT2D eigenvalue weighted by Gasteiger charge is 2.07. The van der Waals surface area contributed by atoms with E-state index in [-0.39, 0.29) is 5.91 Å². The first-order valence-corrected chi connectivity index (χ1v) is 6.37. The molecular weight excluding hydrogens is 256 g/mol. The van der Waals surface area contributed by atoms with Gasteiger partial charge >= 0.3 is 0 Å². The number of hydrogen-bond donors (Lipinski definition) is 1. The third kappa shape index (κ3) is 3.54.